The summed E-state index contributed by atoms with van der Waals surface area (Å²) in [7, 11) is 1.59. The first-order valence-electron chi connectivity index (χ1n) is 7.66. The Morgan fingerprint density at radius 2 is 1.88 bits per heavy atom. The van der Waals surface area contributed by atoms with E-state index in [-0.39, 0.29) is 18.6 Å². The number of hydrogen-bond donors (Lipinski definition) is 1. The number of methoxy groups -OCH3 is 1. The van der Waals surface area contributed by atoms with Crippen LogP contribution in [0, 0.1) is 6.92 Å². The van der Waals surface area contributed by atoms with E-state index in [1.165, 1.54) is 0 Å². The highest BCUT2D eigenvalue weighted by Gasteiger charge is 2.13. The molecule has 1 atom stereocenters. The van der Waals surface area contributed by atoms with Gasteiger partial charge in [-0.05, 0) is 43.7 Å². The highest BCUT2D eigenvalue weighted by molar-refractivity contribution is 5.91. The SMILES string of the molecule is COc1cccc([C@H](C)NC(=O)COC(=O)c2cccc(C)c2)c1. The van der Waals surface area contributed by atoms with Gasteiger partial charge in [-0.15, -0.1) is 0 Å². The average Bonchev–Trinajstić information content (AvgIpc) is 2.59. The molecule has 5 nitrogen and oxygen atoms in total. The van der Waals surface area contributed by atoms with E-state index in [4.69, 9.17) is 9.47 Å². The standard InChI is InChI=1S/C19H21NO4/c1-13-6-4-8-16(10-13)19(22)24-12-18(21)20-14(2)15-7-5-9-17(11-15)23-3/h4-11,14H,12H2,1-3H3,(H,20,21)/t14-/m0/s1. The lowest BCUT2D eigenvalue weighted by Gasteiger charge is -2.15. The van der Waals surface area contributed by atoms with Gasteiger partial charge in [0.05, 0.1) is 18.7 Å². The number of hydrogen-bond acceptors (Lipinski definition) is 4. The molecule has 0 unspecified atom stereocenters. The summed E-state index contributed by atoms with van der Waals surface area (Å²) in [6, 6.07) is 14.3. The molecular formula is C19H21NO4. The average molecular weight is 327 g/mol. The fraction of sp³-hybridized carbons (Fsp3) is 0.263. The van der Waals surface area contributed by atoms with Crippen molar-refractivity contribution in [1.29, 1.82) is 0 Å². The molecule has 0 radical (unpaired) electrons. The van der Waals surface area contributed by atoms with Crippen molar-refractivity contribution in [2.75, 3.05) is 13.7 Å². The first-order chi connectivity index (χ1) is 11.5. The summed E-state index contributed by atoms with van der Waals surface area (Å²) in [4.78, 5) is 23.9. The Hall–Kier alpha value is -2.82. The number of benzene rings is 2. The summed E-state index contributed by atoms with van der Waals surface area (Å²) in [6.45, 7) is 3.43. The fourth-order valence-electron chi connectivity index (χ4n) is 2.26. The van der Waals surface area contributed by atoms with Gasteiger partial charge in [-0.3, -0.25) is 4.79 Å². The van der Waals surface area contributed by atoms with Crippen LogP contribution < -0.4 is 10.1 Å². The number of esters is 1. The molecule has 24 heavy (non-hydrogen) atoms. The number of ether oxygens (including phenoxy) is 2. The third kappa shape index (κ3) is 4.84. The third-order valence-electron chi connectivity index (χ3n) is 3.56. The molecule has 1 N–H and O–H groups in total. The second-order valence-corrected chi connectivity index (χ2v) is 5.51. The molecule has 2 aromatic carbocycles. The maximum atomic E-state index is 12.0. The van der Waals surface area contributed by atoms with Crippen molar-refractivity contribution in [2.45, 2.75) is 19.9 Å². The van der Waals surface area contributed by atoms with Crippen LogP contribution in [0.2, 0.25) is 0 Å². The number of amides is 1. The largest absolute Gasteiger partial charge is 0.497 e. The van der Waals surface area contributed by atoms with Gasteiger partial charge < -0.3 is 14.8 Å². The van der Waals surface area contributed by atoms with Crippen molar-refractivity contribution in [2.24, 2.45) is 0 Å². The van der Waals surface area contributed by atoms with Crippen molar-refractivity contribution in [3.8, 4) is 5.75 Å². The molecule has 2 aromatic rings. The Morgan fingerprint density at radius 1 is 1.12 bits per heavy atom. The van der Waals surface area contributed by atoms with Crippen LogP contribution in [-0.4, -0.2) is 25.6 Å². The van der Waals surface area contributed by atoms with Gasteiger partial charge in [-0.25, -0.2) is 4.79 Å². The van der Waals surface area contributed by atoms with Crippen molar-refractivity contribution in [3.05, 3.63) is 65.2 Å². The zero-order chi connectivity index (χ0) is 17.5. The molecule has 0 fully saturated rings. The van der Waals surface area contributed by atoms with Crippen molar-refractivity contribution >= 4 is 11.9 Å². The van der Waals surface area contributed by atoms with Crippen LogP contribution in [0.25, 0.3) is 0 Å². The van der Waals surface area contributed by atoms with Gasteiger partial charge in [0.25, 0.3) is 5.91 Å². The first-order valence-corrected chi connectivity index (χ1v) is 7.66. The normalized spacial score (nSPS) is 11.5. The maximum absolute atomic E-state index is 12.0. The molecule has 0 aromatic heterocycles. The Labute approximate surface area is 141 Å². The summed E-state index contributed by atoms with van der Waals surface area (Å²) < 4.78 is 10.2. The molecule has 0 heterocycles. The van der Waals surface area contributed by atoms with Gasteiger partial charge >= 0.3 is 5.97 Å². The lowest BCUT2D eigenvalue weighted by molar-refractivity contribution is -0.124. The summed E-state index contributed by atoms with van der Waals surface area (Å²) in [5, 5.41) is 2.79. The lowest BCUT2D eigenvalue weighted by Crippen LogP contribution is -2.31. The molecule has 0 aliphatic heterocycles. The van der Waals surface area contributed by atoms with E-state index >= 15 is 0 Å². The van der Waals surface area contributed by atoms with E-state index in [0.29, 0.717) is 5.56 Å². The molecular weight excluding hydrogens is 306 g/mol. The van der Waals surface area contributed by atoms with Crippen LogP contribution >= 0.6 is 0 Å². The number of nitrogens with one attached hydrogen (secondary N) is 1. The summed E-state index contributed by atoms with van der Waals surface area (Å²) in [5.74, 6) is -0.145. The van der Waals surface area contributed by atoms with E-state index in [2.05, 4.69) is 5.32 Å². The van der Waals surface area contributed by atoms with Crippen molar-refractivity contribution in [1.82, 2.24) is 5.32 Å². The molecule has 1 amide bonds. The summed E-state index contributed by atoms with van der Waals surface area (Å²) >= 11 is 0. The van der Waals surface area contributed by atoms with Crippen LogP contribution in [0.1, 0.15) is 34.5 Å². The van der Waals surface area contributed by atoms with Crippen LogP contribution in [0.5, 0.6) is 5.75 Å². The Kier molecular flexibility index (Phi) is 5.95. The highest BCUT2D eigenvalue weighted by atomic mass is 16.5. The molecule has 0 spiro atoms. The molecule has 0 saturated carbocycles. The predicted octanol–water partition coefficient (Wildman–Crippen LogP) is 3.04. The molecule has 0 aliphatic rings. The molecule has 0 bridgehead atoms. The van der Waals surface area contributed by atoms with E-state index in [1.54, 1.807) is 25.3 Å². The fourth-order valence-corrected chi connectivity index (χ4v) is 2.26. The van der Waals surface area contributed by atoms with Crippen LogP contribution in [0.4, 0.5) is 0 Å². The third-order valence-corrected chi connectivity index (χ3v) is 3.56. The zero-order valence-electron chi connectivity index (χ0n) is 14.0. The predicted molar refractivity (Wildman–Crippen MR) is 91.0 cm³/mol. The number of carbonyl (C=O) groups is 2. The monoisotopic (exact) mass is 327 g/mol. The number of rotatable bonds is 6. The zero-order valence-corrected chi connectivity index (χ0v) is 14.0. The Balaban J connectivity index is 1.87. The van der Waals surface area contributed by atoms with Gasteiger partial charge in [0, 0.05) is 0 Å². The number of carbonyl (C=O) groups excluding carboxylic acids is 2. The van der Waals surface area contributed by atoms with E-state index in [9.17, 15) is 9.59 Å². The topological polar surface area (TPSA) is 64.6 Å². The van der Waals surface area contributed by atoms with Crippen LogP contribution in [0.3, 0.4) is 0 Å². The first kappa shape index (κ1) is 17.5. The second kappa shape index (κ2) is 8.15. The molecule has 126 valence electrons. The van der Waals surface area contributed by atoms with Gasteiger partial charge in [-0.2, -0.15) is 0 Å². The number of aryl methyl sites for hydroxylation is 1. The Morgan fingerprint density at radius 3 is 2.58 bits per heavy atom. The van der Waals surface area contributed by atoms with Gasteiger partial charge in [-0.1, -0.05) is 29.8 Å². The second-order valence-electron chi connectivity index (χ2n) is 5.51. The smallest absolute Gasteiger partial charge is 0.338 e. The minimum absolute atomic E-state index is 0.217. The minimum Gasteiger partial charge on any atom is -0.497 e. The van der Waals surface area contributed by atoms with Crippen LogP contribution in [0.15, 0.2) is 48.5 Å². The molecule has 0 saturated heterocycles. The van der Waals surface area contributed by atoms with Gasteiger partial charge in [0.1, 0.15) is 5.75 Å². The molecule has 0 aliphatic carbocycles. The maximum Gasteiger partial charge on any atom is 0.338 e. The van der Waals surface area contributed by atoms with E-state index in [1.807, 2.05) is 44.2 Å². The molecule has 2 rings (SSSR count). The van der Waals surface area contributed by atoms with Gasteiger partial charge in [0.2, 0.25) is 0 Å². The van der Waals surface area contributed by atoms with Crippen molar-refractivity contribution < 1.29 is 19.1 Å². The molecule has 5 heteroatoms. The minimum atomic E-state index is -0.511. The lowest BCUT2D eigenvalue weighted by atomic mass is 10.1. The Bertz CT molecular complexity index is 727. The van der Waals surface area contributed by atoms with E-state index < -0.39 is 5.97 Å². The van der Waals surface area contributed by atoms with E-state index in [0.717, 1.165) is 16.9 Å². The summed E-state index contributed by atoms with van der Waals surface area (Å²) in [6.07, 6.45) is 0. The highest BCUT2D eigenvalue weighted by Crippen LogP contribution is 2.18. The van der Waals surface area contributed by atoms with Crippen LogP contribution in [-0.2, 0) is 9.53 Å². The van der Waals surface area contributed by atoms with Crippen molar-refractivity contribution in [3.63, 3.8) is 0 Å². The van der Waals surface area contributed by atoms with Gasteiger partial charge in [0.15, 0.2) is 6.61 Å². The quantitative estimate of drug-likeness (QED) is 0.828. The summed E-state index contributed by atoms with van der Waals surface area (Å²) in [5.41, 5.74) is 2.30.